The van der Waals surface area contributed by atoms with Gasteiger partial charge in [-0.2, -0.15) is 0 Å². The zero-order valence-electron chi connectivity index (χ0n) is 15.4. The van der Waals surface area contributed by atoms with Gasteiger partial charge in [0.15, 0.2) is 0 Å². The zero-order valence-corrected chi connectivity index (χ0v) is 15.4. The second-order valence-electron chi connectivity index (χ2n) is 7.16. The summed E-state index contributed by atoms with van der Waals surface area (Å²) in [7, 11) is 1.69. The van der Waals surface area contributed by atoms with Crippen LogP contribution in [0.3, 0.4) is 0 Å². The Hall–Kier alpha value is -1.75. The van der Waals surface area contributed by atoms with Gasteiger partial charge in [-0.05, 0) is 44.6 Å². The first-order valence-corrected chi connectivity index (χ1v) is 9.48. The van der Waals surface area contributed by atoms with Gasteiger partial charge in [0.1, 0.15) is 11.5 Å². The van der Waals surface area contributed by atoms with Crippen LogP contribution in [0, 0.1) is 0 Å². The van der Waals surface area contributed by atoms with E-state index < -0.39 is 0 Å². The molecule has 2 fully saturated rings. The third-order valence-electron chi connectivity index (χ3n) is 5.39. The fourth-order valence-electron chi connectivity index (χ4n) is 3.76. The number of carbonyl (C=O) groups is 1. The highest BCUT2D eigenvalue weighted by atomic mass is 16.5. The number of carbonyl (C=O) groups excluding carboxylic acids is 1. The van der Waals surface area contributed by atoms with Crippen LogP contribution in [0.4, 0.5) is 0 Å². The maximum absolute atomic E-state index is 11.4. The smallest absolute Gasteiger partial charge is 0.219 e. The van der Waals surface area contributed by atoms with Crippen LogP contribution in [-0.2, 0) is 11.3 Å². The van der Waals surface area contributed by atoms with Crippen LogP contribution in [0.25, 0.3) is 0 Å². The van der Waals surface area contributed by atoms with Crippen LogP contribution in [0.1, 0.15) is 51.0 Å². The van der Waals surface area contributed by atoms with Crippen LogP contribution in [0.5, 0.6) is 11.5 Å². The van der Waals surface area contributed by atoms with Crippen molar-refractivity contribution in [2.45, 2.75) is 64.1 Å². The van der Waals surface area contributed by atoms with E-state index in [1.807, 2.05) is 17.0 Å². The molecule has 1 saturated carbocycles. The highest BCUT2D eigenvalue weighted by Gasteiger charge is 2.22. The normalized spacial score (nSPS) is 19.2. The van der Waals surface area contributed by atoms with Crippen molar-refractivity contribution < 1.29 is 14.3 Å². The highest BCUT2D eigenvalue weighted by molar-refractivity contribution is 5.73. The Morgan fingerprint density at radius 1 is 1.20 bits per heavy atom. The van der Waals surface area contributed by atoms with Crippen molar-refractivity contribution in [3.05, 3.63) is 23.8 Å². The average molecular weight is 346 g/mol. The van der Waals surface area contributed by atoms with Gasteiger partial charge in [0.25, 0.3) is 0 Å². The molecule has 1 amide bonds. The minimum atomic E-state index is 0.181. The maximum Gasteiger partial charge on any atom is 0.219 e. The molecule has 0 radical (unpaired) electrons. The number of methoxy groups -OCH3 is 1. The van der Waals surface area contributed by atoms with Crippen LogP contribution < -0.4 is 14.8 Å². The number of nitrogens with one attached hydrogen (secondary N) is 1. The summed E-state index contributed by atoms with van der Waals surface area (Å²) in [6, 6.07) is 6.56. The Morgan fingerprint density at radius 3 is 2.56 bits per heavy atom. The van der Waals surface area contributed by atoms with E-state index in [-0.39, 0.29) is 5.91 Å². The number of likely N-dealkylation sites (tertiary alicyclic amines) is 1. The highest BCUT2D eigenvalue weighted by Crippen LogP contribution is 2.30. The second kappa shape index (κ2) is 8.56. The van der Waals surface area contributed by atoms with E-state index in [1.165, 1.54) is 18.4 Å². The van der Waals surface area contributed by atoms with Gasteiger partial charge in [-0.3, -0.25) is 4.79 Å². The summed E-state index contributed by atoms with van der Waals surface area (Å²) in [5.41, 5.74) is 1.18. The van der Waals surface area contributed by atoms with E-state index in [2.05, 4.69) is 11.4 Å². The minimum absolute atomic E-state index is 0.181. The molecule has 1 aromatic rings. The zero-order chi connectivity index (χ0) is 17.6. The van der Waals surface area contributed by atoms with E-state index in [1.54, 1.807) is 14.0 Å². The van der Waals surface area contributed by atoms with E-state index in [0.717, 1.165) is 56.8 Å². The molecule has 5 nitrogen and oxygen atoms in total. The molecule has 138 valence electrons. The van der Waals surface area contributed by atoms with Crippen molar-refractivity contribution in [2.75, 3.05) is 20.2 Å². The Bertz CT molecular complexity index is 576. The molecule has 1 aromatic carbocycles. The fraction of sp³-hybridized carbons (Fsp3) is 0.650. The largest absolute Gasteiger partial charge is 0.497 e. The van der Waals surface area contributed by atoms with Crippen LogP contribution in [0.2, 0.25) is 0 Å². The third-order valence-corrected chi connectivity index (χ3v) is 5.39. The number of nitrogens with zero attached hydrogens (tertiary/aromatic N) is 1. The van der Waals surface area contributed by atoms with Gasteiger partial charge in [-0.25, -0.2) is 0 Å². The number of ether oxygens (including phenoxy) is 2. The van der Waals surface area contributed by atoms with Crippen LogP contribution in [-0.4, -0.2) is 43.2 Å². The molecule has 3 rings (SSSR count). The molecular weight excluding hydrogens is 316 g/mol. The molecule has 25 heavy (non-hydrogen) atoms. The molecule has 0 bridgehead atoms. The van der Waals surface area contributed by atoms with Crippen LogP contribution in [0.15, 0.2) is 18.2 Å². The second-order valence-corrected chi connectivity index (χ2v) is 7.16. The summed E-state index contributed by atoms with van der Waals surface area (Å²) in [5, 5.41) is 3.64. The molecule has 0 aromatic heterocycles. The fourth-order valence-corrected chi connectivity index (χ4v) is 3.76. The standard InChI is InChI=1S/C20H30N2O3/c1-15(23)22-11-9-17(10-12-22)21-14-16-7-8-19(24-2)13-20(16)25-18-5-3-4-6-18/h7-8,13,17-18,21H,3-6,9-12,14H2,1-2H3. The molecule has 0 unspecified atom stereocenters. The summed E-state index contributed by atoms with van der Waals surface area (Å²) >= 11 is 0. The molecule has 2 aliphatic rings. The number of piperidine rings is 1. The Kier molecular flexibility index (Phi) is 6.19. The van der Waals surface area contributed by atoms with Gasteiger partial charge < -0.3 is 19.7 Å². The van der Waals surface area contributed by atoms with Crippen molar-refractivity contribution in [1.29, 1.82) is 0 Å². The van der Waals surface area contributed by atoms with Crippen molar-refractivity contribution >= 4 is 5.91 Å². The maximum atomic E-state index is 11.4. The quantitative estimate of drug-likeness (QED) is 0.860. The minimum Gasteiger partial charge on any atom is -0.497 e. The van der Waals surface area contributed by atoms with Crippen molar-refractivity contribution in [3.63, 3.8) is 0 Å². The van der Waals surface area contributed by atoms with E-state index >= 15 is 0 Å². The predicted molar refractivity (Wildman–Crippen MR) is 98.0 cm³/mol. The van der Waals surface area contributed by atoms with E-state index in [9.17, 15) is 4.79 Å². The van der Waals surface area contributed by atoms with Crippen molar-refractivity contribution in [1.82, 2.24) is 10.2 Å². The first-order valence-electron chi connectivity index (χ1n) is 9.48. The molecule has 0 atom stereocenters. The molecular formula is C20H30N2O3. The molecule has 1 heterocycles. The number of benzene rings is 1. The molecule has 1 aliphatic heterocycles. The summed E-state index contributed by atoms with van der Waals surface area (Å²) < 4.78 is 11.6. The number of hydrogen-bond donors (Lipinski definition) is 1. The molecule has 1 aliphatic carbocycles. The number of rotatable bonds is 6. The first-order chi connectivity index (χ1) is 12.2. The lowest BCUT2D eigenvalue weighted by molar-refractivity contribution is -0.129. The summed E-state index contributed by atoms with van der Waals surface area (Å²) in [6.07, 6.45) is 7.17. The lowest BCUT2D eigenvalue weighted by Crippen LogP contribution is -2.44. The molecule has 1 N–H and O–H groups in total. The number of hydrogen-bond acceptors (Lipinski definition) is 4. The Morgan fingerprint density at radius 2 is 1.92 bits per heavy atom. The lowest BCUT2D eigenvalue weighted by atomic mass is 10.0. The lowest BCUT2D eigenvalue weighted by Gasteiger charge is -2.32. The van der Waals surface area contributed by atoms with Gasteiger partial charge in [0, 0.05) is 44.2 Å². The Balaban J connectivity index is 1.58. The number of amides is 1. The average Bonchev–Trinajstić information content (AvgIpc) is 3.14. The Labute approximate surface area is 150 Å². The molecule has 5 heteroatoms. The van der Waals surface area contributed by atoms with E-state index in [4.69, 9.17) is 9.47 Å². The summed E-state index contributed by atoms with van der Waals surface area (Å²) in [5.74, 6) is 1.97. The van der Waals surface area contributed by atoms with Gasteiger partial charge in [0.2, 0.25) is 5.91 Å². The first kappa shape index (κ1) is 18.1. The predicted octanol–water partition coefficient (Wildman–Crippen LogP) is 3.12. The van der Waals surface area contributed by atoms with E-state index in [0.29, 0.717) is 12.1 Å². The van der Waals surface area contributed by atoms with Gasteiger partial charge in [-0.1, -0.05) is 6.07 Å². The molecule has 1 saturated heterocycles. The monoisotopic (exact) mass is 346 g/mol. The van der Waals surface area contributed by atoms with Gasteiger partial charge in [-0.15, -0.1) is 0 Å². The van der Waals surface area contributed by atoms with Gasteiger partial charge in [0.05, 0.1) is 13.2 Å². The van der Waals surface area contributed by atoms with Crippen molar-refractivity contribution in [3.8, 4) is 11.5 Å². The van der Waals surface area contributed by atoms with Crippen LogP contribution >= 0.6 is 0 Å². The topological polar surface area (TPSA) is 50.8 Å². The third kappa shape index (κ3) is 4.88. The molecule has 0 spiro atoms. The SMILES string of the molecule is COc1ccc(CNC2CCN(C(C)=O)CC2)c(OC2CCCC2)c1. The summed E-state index contributed by atoms with van der Waals surface area (Å²) in [4.78, 5) is 13.4. The summed E-state index contributed by atoms with van der Waals surface area (Å²) in [6.45, 7) is 4.14. The van der Waals surface area contributed by atoms with Crippen molar-refractivity contribution in [2.24, 2.45) is 0 Å². The van der Waals surface area contributed by atoms with Gasteiger partial charge >= 0.3 is 0 Å².